The first-order valence-electron chi connectivity index (χ1n) is 7.17. The second-order valence-electron chi connectivity index (χ2n) is 5.24. The average Bonchev–Trinajstić information content (AvgIpc) is 3.02. The van der Waals surface area contributed by atoms with Gasteiger partial charge in [0.15, 0.2) is 5.82 Å². The largest absolute Gasteiger partial charge is 0.325 e. The molecule has 0 aliphatic carbocycles. The summed E-state index contributed by atoms with van der Waals surface area (Å²) in [7, 11) is 0. The van der Waals surface area contributed by atoms with E-state index in [1.54, 1.807) is 6.20 Å². The zero-order valence-electron chi connectivity index (χ0n) is 12.0. The van der Waals surface area contributed by atoms with E-state index in [-0.39, 0.29) is 11.9 Å². The fraction of sp³-hybridized carbons (Fsp3) is 0.312. The van der Waals surface area contributed by atoms with Crippen LogP contribution in [0.15, 0.2) is 36.5 Å². The Morgan fingerprint density at radius 3 is 2.76 bits per heavy atom. The van der Waals surface area contributed by atoms with E-state index in [9.17, 15) is 4.79 Å². The van der Waals surface area contributed by atoms with E-state index in [0.29, 0.717) is 5.82 Å². The van der Waals surface area contributed by atoms with Gasteiger partial charge in [-0.25, -0.2) is 9.97 Å². The first-order chi connectivity index (χ1) is 10.2. The van der Waals surface area contributed by atoms with Gasteiger partial charge in [0.1, 0.15) is 0 Å². The maximum atomic E-state index is 12.0. The van der Waals surface area contributed by atoms with Crippen molar-refractivity contribution in [1.29, 1.82) is 0 Å². The van der Waals surface area contributed by atoms with Crippen LogP contribution >= 0.6 is 0 Å². The molecule has 108 valence electrons. The number of rotatable bonds is 3. The van der Waals surface area contributed by atoms with Crippen molar-refractivity contribution in [2.75, 3.05) is 11.9 Å². The molecule has 0 radical (unpaired) electrons. The molecule has 1 unspecified atom stereocenters. The summed E-state index contributed by atoms with van der Waals surface area (Å²) in [6.45, 7) is 2.86. The summed E-state index contributed by atoms with van der Waals surface area (Å²) in [6.07, 6.45) is 3.71. The zero-order chi connectivity index (χ0) is 14.7. The minimum absolute atomic E-state index is 0.0343. The molecular weight excluding hydrogens is 264 g/mol. The highest BCUT2D eigenvalue weighted by atomic mass is 16.2. The highest BCUT2D eigenvalue weighted by molar-refractivity contribution is 5.95. The number of hydrogen-bond donors (Lipinski definition) is 2. The van der Waals surface area contributed by atoms with Crippen molar-refractivity contribution in [1.82, 2.24) is 15.3 Å². The molecule has 0 spiro atoms. The monoisotopic (exact) mass is 282 g/mol. The molecule has 1 saturated heterocycles. The van der Waals surface area contributed by atoms with E-state index in [4.69, 9.17) is 0 Å². The molecule has 5 heteroatoms. The summed E-state index contributed by atoms with van der Waals surface area (Å²) in [6, 6.07) is 9.41. The summed E-state index contributed by atoms with van der Waals surface area (Å²) < 4.78 is 0. The third-order valence-electron chi connectivity index (χ3n) is 3.58. The summed E-state index contributed by atoms with van der Waals surface area (Å²) in [5, 5.41) is 6.12. The van der Waals surface area contributed by atoms with Crippen LogP contribution in [0.4, 0.5) is 5.69 Å². The molecule has 1 aromatic carbocycles. The van der Waals surface area contributed by atoms with Crippen LogP contribution in [0.2, 0.25) is 0 Å². The molecular formula is C16H18N4O. The average molecular weight is 282 g/mol. The summed E-state index contributed by atoms with van der Waals surface area (Å²) in [5.41, 5.74) is 2.67. The molecule has 0 saturated carbocycles. The third kappa shape index (κ3) is 3.25. The number of carbonyl (C=O) groups excluding carboxylic acids is 1. The van der Waals surface area contributed by atoms with Crippen LogP contribution in [-0.2, 0) is 4.79 Å². The molecule has 2 heterocycles. The Kier molecular flexibility index (Phi) is 3.92. The Bertz CT molecular complexity index is 633. The minimum Gasteiger partial charge on any atom is -0.325 e. The number of aromatic nitrogens is 2. The predicted molar refractivity (Wildman–Crippen MR) is 81.9 cm³/mol. The molecule has 5 nitrogen and oxygen atoms in total. The quantitative estimate of drug-likeness (QED) is 0.905. The van der Waals surface area contributed by atoms with Crippen LogP contribution in [0.3, 0.4) is 0 Å². The Hall–Kier alpha value is -2.27. The SMILES string of the molecule is Cc1ccnc(-c2ccc(NC(=O)C3CCCN3)cc2)n1. The molecule has 21 heavy (non-hydrogen) atoms. The molecule has 1 amide bonds. The lowest BCUT2D eigenvalue weighted by Gasteiger charge is -2.11. The van der Waals surface area contributed by atoms with Gasteiger partial charge in [0.25, 0.3) is 0 Å². The Morgan fingerprint density at radius 1 is 1.29 bits per heavy atom. The van der Waals surface area contributed by atoms with Gasteiger partial charge in [0.05, 0.1) is 6.04 Å². The van der Waals surface area contributed by atoms with E-state index in [1.165, 1.54) is 0 Å². The van der Waals surface area contributed by atoms with Crippen LogP contribution in [0.25, 0.3) is 11.4 Å². The first-order valence-corrected chi connectivity index (χ1v) is 7.17. The zero-order valence-corrected chi connectivity index (χ0v) is 12.0. The number of aryl methyl sites for hydroxylation is 1. The lowest BCUT2D eigenvalue weighted by atomic mass is 10.1. The van der Waals surface area contributed by atoms with E-state index >= 15 is 0 Å². The Morgan fingerprint density at radius 2 is 2.10 bits per heavy atom. The lowest BCUT2D eigenvalue weighted by molar-refractivity contribution is -0.117. The standard InChI is InChI=1S/C16H18N4O/c1-11-8-10-18-15(19-11)12-4-6-13(7-5-12)20-16(21)14-3-2-9-17-14/h4-8,10,14,17H,2-3,9H2,1H3,(H,20,21). The number of nitrogens with zero attached hydrogens (tertiary/aromatic N) is 2. The van der Waals surface area contributed by atoms with Crippen molar-refractivity contribution in [2.24, 2.45) is 0 Å². The molecule has 1 aliphatic rings. The van der Waals surface area contributed by atoms with Crippen molar-refractivity contribution < 1.29 is 4.79 Å². The predicted octanol–water partition coefficient (Wildman–Crippen LogP) is 2.14. The Labute approximate surface area is 123 Å². The van der Waals surface area contributed by atoms with Crippen molar-refractivity contribution >= 4 is 11.6 Å². The van der Waals surface area contributed by atoms with Gasteiger partial charge in [-0.1, -0.05) is 0 Å². The smallest absolute Gasteiger partial charge is 0.241 e. The van der Waals surface area contributed by atoms with Gasteiger partial charge in [-0.05, 0) is 56.6 Å². The van der Waals surface area contributed by atoms with Crippen LogP contribution in [0.1, 0.15) is 18.5 Å². The topological polar surface area (TPSA) is 66.9 Å². The van der Waals surface area contributed by atoms with Crippen molar-refractivity contribution in [3.8, 4) is 11.4 Å². The second-order valence-corrected chi connectivity index (χ2v) is 5.24. The molecule has 1 aliphatic heterocycles. The van der Waals surface area contributed by atoms with Crippen molar-refractivity contribution in [3.63, 3.8) is 0 Å². The number of hydrogen-bond acceptors (Lipinski definition) is 4. The summed E-state index contributed by atoms with van der Waals surface area (Å²) in [4.78, 5) is 20.7. The van der Waals surface area contributed by atoms with Crippen LogP contribution in [0.5, 0.6) is 0 Å². The van der Waals surface area contributed by atoms with E-state index in [1.807, 2.05) is 37.3 Å². The van der Waals surface area contributed by atoms with Gasteiger partial charge >= 0.3 is 0 Å². The van der Waals surface area contributed by atoms with Crippen LogP contribution < -0.4 is 10.6 Å². The van der Waals surface area contributed by atoms with Gasteiger partial charge in [-0.3, -0.25) is 4.79 Å². The number of benzene rings is 1. The minimum atomic E-state index is -0.0650. The molecule has 2 N–H and O–H groups in total. The molecule has 3 rings (SSSR count). The van der Waals surface area contributed by atoms with Gasteiger partial charge in [-0.2, -0.15) is 0 Å². The van der Waals surface area contributed by atoms with Crippen molar-refractivity contribution in [3.05, 3.63) is 42.2 Å². The van der Waals surface area contributed by atoms with E-state index in [2.05, 4.69) is 20.6 Å². The highest BCUT2D eigenvalue weighted by Gasteiger charge is 2.21. The molecule has 1 aromatic heterocycles. The maximum absolute atomic E-state index is 12.0. The number of anilines is 1. The molecule has 1 atom stereocenters. The summed E-state index contributed by atoms with van der Waals surface area (Å²) >= 11 is 0. The van der Waals surface area contributed by atoms with Crippen LogP contribution in [0, 0.1) is 6.92 Å². The van der Waals surface area contributed by atoms with E-state index in [0.717, 1.165) is 36.3 Å². The third-order valence-corrected chi connectivity index (χ3v) is 3.58. The van der Waals surface area contributed by atoms with Crippen LogP contribution in [-0.4, -0.2) is 28.5 Å². The van der Waals surface area contributed by atoms with Gasteiger partial charge in [0.2, 0.25) is 5.91 Å². The highest BCUT2D eigenvalue weighted by Crippen LogP contribution is 2.18. The van der Waals surface area contributed by atoms with Crippen molar-refractivity contribution in [2.45, 2.75) is 25.8 Å². The number of carbonyl (C=O) groups is 1. The molecule has 2 aromatic rings. The van der Waals surface area contributed by atoms with E-state index < -0.39 is 0 Å². The number of nitrogens with one attached hydrogen (secondary N) is 2. The van der Waals surface area contributed by atoms with Gasteiger partial charge in [0, 0.05) is 23.1 Å². The Balaban J connectivity index is 1.70. The second kappa shape index (κ2) is 6.01. The normalized spacial score (nSPS) is 17.7. The number of amides is 1. The maximum Gasteiger partial charge on any atom is 0.241 e. The lowest BCUT2D eigenvalue weighted by Crippen LogP contribution is -2.35. The fourth-order valence-electron chi connectivity index (χ4n) is 2.43. The van der Waals surface area contributed by atoms with Gasteiger partial charge in [-0.15, -0.1) is 0 Å². The van der Waals surface area contributed by atoms with Gasteiger partial charge < -0.3 is 10.6 Å². The first kappa shape index (κ1) is 13.7. The fourth-order valence-corrected chi connectivity index (χ4v) is 2.43. The molecule has 1 fully saturated rings. The summed E-state index contributed by atoms with van der Waals surface area (Å²) in [5.74, 6) is 0.734. The molecule has 0 bridgehead atoms.